The Hall–Kier alpha value is -3.58. The second-order valence-electron chi connectivity index (χ2n) is 6.21. The van der Waals surface area contributed by atoms with Crippen molar-refractivity contribution in [3.05, 3.63) is 101 Å². The Labute approximate surface area is 152 Å². The average Bonchev–Trinajstić information content (AvgIpc) is 2.95. The summed E-state index contributed by atoms with van der Waals surface area (Å²) in [6.07, 6.45) is -0.312. The van der Waals surface area contributed by atoms with E-state index in [-0.39, 0.29) is 12.1 Å². The third-order valence-corrected chi connectivity index (χ3v) is 4.59. The zero-order chi connectivity index (χ0) is 17.9. The molecule has 1 unspecified atom stereocenters. The lowest BCUT2D eigenvalue weighted by atomic mass is 10.1. The summed E-state index contributed by atoms with van der Waals surface area (Å²) in [6, 6.07) is 27.1. The van der Waals surface area contributed by atoms with E-state index in [9.17, 15) is 10.1 Å². The minimum absolute atomic E-state index is 0.00334. The molecule has 0 saturated heterocycles. The maximum Gasteiger partial charge on any atom is 0.256 e. The molecule has 4 rings (SSSR count). The number of carbonyl (C=O) groups is 1. The summed E-state index contributed by atoms with van der Waals surface area (Å²) in [6.45, 7) is 0.501. The summed E-state index contributed by atoms with van der Waals surface area (Å²) in [5.41, 5.74) is 3.98. The van der Waals surface area contributed by atoms with Gasteiger partial charge in [-0.3, -0.25) is 4.79 Å². The average molecular weight is 339 g/mol. The molecule has 1 N–H and O–H groups in total. The van der Waals surface area contributed by atoms with Crippen molar-refractivity contribution in [1.29, 1.82) is 5.26 Å². The molecule has 0 fully saturated rings. The van der Waals surface area contributed by atoms with Crippen molar-refractivity contribution >= 4 is 11.6 Å². The van der Waals surface area contributed by atoms with Gasteiger partial charge in [0, 0.05) is 17.7 Å². The van der Waals surface area contributed by atoms with Gasteiger partial charge >= 0.3 is 0 Å². The number of nitrogens with zero attached hydrogens (tertiary/aromatic N) is 2. The van der Waals surface area contributed by atoms with Gasteiger partial charge in [-0.2, -0.15) is 5.26 Å². The molecule has 0 aromatic heterocycles. The first-order chi connectivity index (χ1) is 12.8. The quantitative estimate of drug-likeness (QED) is 0.770. The van der Waals surface area contributed by atoms with Gasteiger partial charge in [0.25, 0.3) is 5.91 Å². The summed E-state index contributed by atoms with van der Waals surface area (Å²) in [5, 5.41) is 12.8. The van der Waals surface area contributed by atoms with Crippen LogP contribution in [0.25, 0.3) is 0 Å². The first-order valence-corrected chi connectivity index (χ1v) is 8.47. The molecule has 1 aliphatic heterocycles. The highest BCUT2D eigenvalue weighted by Gasteiger charge is 2.36. The lowest BCUT2D eigenvalue weighted by Crippen LogP contribution is -2.32. The third-order valence-electron chi connectivity index (χ3n) is 4.59. The van der Waals surface area contributed by atoms with Crippen LogP contribution in [0.1, 0.15) is 33.2 Å². The molecule has 26 heavy (non-hydrogen) atoms. The Morgan fingerprint density at radius 2 is 1.62 bits per heavy atom. The standard InChI is InChI=1S/C22H17N3O/c23-14-17-10-4-7-13-20(17)24-21-18-11-5-6-12-19(18)22(26)25(21)15-16-8-2-1-3-9-16/h1-13,21,24H,15H2. The maximum atomic E-state index is 13.0. The normalized spacial score (nSPS) is 15.4. The second kappa shape index (κ2) is 6.73. The van der Waals surface area contributed by atoms with Crippen LogP contribution in [0.3, 0.4) is 0 Å². The van der Waals surface area contributed by atoms with Gasteiger partial charge in [-0.1, -0.05) is 60.7 Å². The molecule has 0 radical (unpaired) electrons. The fourth-order valence-corrected chi connectivity index (χ4v) is 3.32. The van der Waals surface area contributed by atoms with Crippen molar-refractivity contribution in [2.24, 2.45) is 0 Å². The summed E-state index contributed by atoms with van der Waals surface area (Å²) in [5.74, 6) is -0.00334. The number of nitrogens with one attached hydrogen (secondary N) is 1. The number of hydrogen-bond acceptors (Lipinski definition) is 3. The van der Waals surface area contributed by atoms with Crippen molar-refractivity contribution in [3.63, 3.8) is 0 Å². The fourth-order valence-electron chi connectivity index (χ4n) is 3.32. The van der Waals surface area contributed by atoms with E-state index in [0.29, 0.717) is 17.7 Å². The molecule has 1 amide bonds. The van der Waals surface area contributed by atoms with Crippen molar-refractivity contribution < 1.29 is 4.79 Å². The van der Waals surface area contributed by atoms with Gasteiger partial charge < -0.3 is 10.2 Å². The zero-order valence-corrected chi connectivity index (χ0v) is 14.1. The Balaban J connectivity index is 1.73. The van der Waals surface area contributed by atoms with Crippen LogP contribution in [0.2, 0.25) is 0 Å². The van der Waals surface area contributed by atoms with Crippen molar-refractivity contribution in [1.82, 2.24) is 4.90 Å². The van der Waals surface area contributed by atoms with E-state index < -0.39 is 0 Å². The number of hydrogen-bond donors (Lipinski definition) is 1. The van der Waals surface area contributed by atoms with E-state index in [1.165, 1.54) is 0 Å². The Morgan fingerprint density at radius 1 is 0.923 bits per heavy atom. The summed E-state index contributed by atoms with van der Waals surface area (Å²) in [7, 11) is 0. The monoisotopic (exact) mass is 339 g/mol. The number of benzene rings is 3. The first kappa shape index (κ1) is 15.9. The highest BCUT2D eigenvalue weighted by atomic mass is 16.2. The zero-order valence-electron chi connectivity index (χ0n) is 14.1. The summed E-state index contributed by atoms with van der Waals surface area (Å²) in [4.78, 5) is 14.8. The van der Waals surface area contributed by atoms with Gasteiger partial charge in [0.1, 0.15) is 12.2 Å². The number of fused-ring (bicyclic) bond motifs is 1. The van der Waals surface area contributed by atoms with Crippen LogP contribution in [0.4, 0.5) is 5.69 Å². The van der Waals surface area contributed by atoms with Gasteiger partial charge in [-0.05, 0) is 23.8 Å². The smallest absolute Gasteiger partial charge is 0.256 e. The number of carbonyl (C=O) groups excluding carboxylic acids is 1. The highest BCUT2D eigenvalue weighted by Crippen LogP contribution is 2.36. The Morgan fingerprint density at radius 3 is 2.42 bits per heavy atom. The van der Waals surface area contributed by atoms with Gasteiger partial charge in [-0.25, -0.2) is 0 Å². The van der Waals surface area contributed by atoms with Crippen LogP contribution in [-0.4, -0.2) is 10.8 Å². The van der Waals surface area contributed by atoms with Gasteiger partial charge in [-0.15, -0.1) is 0 Å². The number of rotatable bonds is 4. The minimum atomic E-state index is -0.312. The molecular weight excluding hydrogens is 322 g/mol. The van der Waals surface area contributed by atoms with Crippen molar-refractivity contribution in [3.8, 4) is 6.07 Å². The van der Waals surface area contributed by atoms with E-state index in [4.69, 9.17) is 0 Å². The molecule has 0 aliphatic carbocycles. The molecular formula is C22H17N3O. The molecule has 3 aromatic rings. The van der Waals surface area contributed by atoms with Crippen molar-refractivity contribution in [2.45, 2.75) is 12.7 Å². The predicted octanol–water partition coefficient (Wildman–Crippen LogP) is 4.32. The van der Waals surface area contributed by atoms with Crippen molar-refractivity contribution in [2.75, 3.05) is 5.32 Å². The molecule has 0 bridgehead atoms. The second-order valence-corrected chi connectivity index (χ2v) is 6.21. The van der Waals surface area contributed by atoms with Crippen LogP contribution >= 0.6 is 0 Å². The van der Waals surface area contributed by atoms with E-state index in [2.05, 4.69) is 11.4 Å². The lowest BCUT2D eigenvalue weighted by Gasteiger charge is -2.27. The van der Waals surface area contributed by atoms with Crippen LogP contribution in [-0.2, 0) is 6.54 Å². The lowest BCUT2D eigenvalue weighted by molar-refractivity contribution is 0.0729. The molecule has 1 atom stereocenters. The summed E-state index contributed by atoms with van der Waals surface area (Å²) < 4.78 is 0. The highest BCUT2D eigenvalue weighted by molar-refractivity contribution is 5.99. The Kier molecular flexibility index (Phi) is 4.12. The van der Waals surface area contributed by atoms with E-state index in [0.717, 1.165) is 16.8 Å². The molecule has 4 heteroatoms. The van der Waals surface area contributed by atoms with E-state index in [1.807, 2.05) is 77.7 Å². The van der Waals surface area contributed by atoms with E-state index >= 15 is 0 Å². The maximum absolute atomic E-state index is 13.0. The van der Waals surface area contributed by atoms with Gasteiger partial charge in [0.15, 0.2) is 0 Å². The minimum Gasteiger partial charge on any atom is -0.360 e. The Bertz CT molecular complexity index is 992. The van der Waals surface area contributed by atoms with Crippen LogP contribution in [0.15, 0.2) is 78.9 Å². The molecule has 126 valence electrons. The SMILES string of the molecule is N#Cc1ccccc1NC1c2ccccc2C(=O)N1Cc1ccccc1. The van der Waals surface area contributed by atoms with Crippen LogP contribution < -0.4 is 5.32 Å². The molecule has 1 aliphatic rings. The molecule has 0 saturated carbocycles. The van der Waals surface area contributed by atoms with Crippen LogP contribution in [0.5, 0.6) is 0 Å². The first-order valence-electron chi connectivity index (χ1n) is 8.47. The third kappa shape index (κ3) is 2.80. The molecule has 1 heterocycles. The molecule has 4 nitrogen and oxygen atoms in total. The predicted molar refractivity (Wildman–Crippen MR) is 100 cm³/mol. The largest absolute Gasteiger partial charge is 0.360 e. The fraction of sp³-hybridized carbons (Fsp3) is 0.0909. The number of amides is 1. The number of nitriles is 1. The van der Waals surface area contributed by atoms with E-state index in [1.54, 1.807) is 6.07 Å². The number of anilines is 1. The molecule has 3 aromatic carbocycles. The van der Waals surface area contributed by atoms with Gasteiger partial charge in [0.05, 0.1) is 11.3 Å². The topological polar surface area (TPSA) is 56.1 Å². The summed E-state index contributed by atoms with van der Waals surface area (Å²) >= 11 is 0. The van der Waals surface area contributed by atoms with Gasteiger partial charge in [0.2, 0.25) is 0 Å². The number of para-hydroxylation sites is 1. The molecule has 0 spiro atoms. The van der Waals surface area contributed by atoms with Crippen LogP contribution in [0, 0.1) is 11.3 Å².